The summed E-state index contributed by atoms with van der Waals surface area (Å²) in [6, 6.07) is -0.298. The molecule has 1 N–H and O–H groups in total. The van der Waals surface area contributed by atoms with E-state index in [1.807, 2.05) is 6.26 Å². The number of carbonyl (C=O) groups is 1. The smallest absolute Gasteiger partial charge is 0.320 e. The monoisotopic (exact) mass is 289 g/mol. The average Bonchev–Trinajstić information content (AvgIpc) is 2.40. The lowest BCUT2D eigenvalue weighted by molar-refractivity contribution is -0.143. The highest BCUT2D eigenvalue weighted by atomic mass is 32.2. The summed E-state index contributed by atoms with van der Waals surface area (Å²) in [7, 11) is 0. The predicted octanol–water partition coefficient (Wildman–Crippen LogP) is 3.88. The Bertz CT molecular complexity index is 224. The van der Waals surface area contributed by atoms with E-state index in [-0.39, 0.29) is 6.04 Å². The number of unbranched alkanes of at least 4 members (excludes halogenated alkanes) is 5. The van der Waals surface area contributed by atoms with Crippen LogP contribution in [0.5, 0.6) is 0 Å². The third-order valence-electron chi connectivity index (χ3n) is 3.53. The van der Waals surface area contributed by atoms with Gasteiger partial charge in [0.05, 0.1) is 0 Å². The summed E-state index contributed by atoms with van der Waals surface area (Å²) in [5.74, 6) is 0.256. The molecule has 0 aliphatic carbocycles. The largest absolute Gasteiger partial charge is 0.480 e. The molecule has 0 bridgehead atoms. The van der Waals surface area contributed by atoms with Gasteiger partial charge in [0.15, 0.2) is 0 Å². The van der Waals surface area contributed by atoms with Gasteiger partial charge in [-0.1, -0.05) is 46.0 Å². The fraction of sp³-hybridized carbons (Fsp3) is 0.933. The third kappa shape index (κ3) is 9.33. The predicted molar refractivity (Wildman–Crippen MR) is 85.0 cm³/mol. The van der Waals surface area contributed by atoms with Crippen molar-refractivity contribution in [2.75, 3.05) is 25.1 Å². The van der Waals surface area contributed by atoms with E-state index in [2.05, 4.69) is 18.7 Å². The molecule has 0 aliphatic rings. The summed E-state index contributed by atoms with van der Waals surface area (Å²) in [6.45, 7) is 6.04. The minimum atomic E-state index is -0.665. The number of rotatable bonds is 13. The molecular weight excluding hydrogens is 258 g/mol. The molecule has 114 valence electrons. The van der Waals surface area contributed by atoms with Crippen molar-refractivity contribution in [1.29, 1.82) is 0 Å². The van der Waals surface area contributed by atoms with Crippen LogP contribution < -0.4 is 0 Å². The molecule has 4 heteroatoms. The molecule has 0 aromatic rings. The number of hydrogen-bond donors (Lipinski definition) is 1. The van der Waals surface area contributed by atoms with Gasteiger partial charge in [-0.25, -0.2) is 0 Å². The lowest BCUT2D eigenvalue weighted by Gasteiger charge is -2.27. The first-order valence-electron chi connectivity index (χ1n) is 7.63. The van der Waals surface area contributed by atoms with Gasteiger partial charge in [-0.2, -0.15) is 11.8 Å². The molecule has 0 heterocycles. The summed E-state index contributed by atoms with van der Waals surface area (Å²) >= 11 is 1.72. The molecule has 0 radical (unpaired) electrons. The van der Waals surface area contributed by atoms with Crippen LogP contribution in [-0.4, -0.2) is 47.1 Å². The maximum Gasteiger partial charge on any atom is 0.320 e. The maximum atomic E-state index is 11.3. The van der Waals surface area contributed by atoms with Crippen molar-refractivity contribution in [3.63, 3.8) is 0 Å². The van der Waals surface area contributed by atoms with Crippen molar-refractivity contribution in [2.45, 2.75) is 64.8 Å². The summed E-state index contributed by atoms with van der Waals surface area (Å²) in [6.07, 6.45) is 10.3. The van der Waals surface area contributed by atoms with E-state index in [1.54, 1.807) is 11.8 Å². The molecule has 0 unspecified atom stereocenters. The van der Waals surface area contributed by atoms with E-state index in [1.165, 1.54) is 32.1 Å². The Morgan fingerprint density at radius 1 is 1.16 bits per heavy atom. The first kappa shape index (κ1) is 18.8. The zero-order valence-electron chi connectivity index (χ0n) is 12.9. The van der Waals surface area contributed by atoms with Gasteiger partial charge in [0, 0.05) is 0 Å². The highest BCUT2D eigenvalue weighted by molar-refractivity contribution is 7.98. The number of hydrogen-bond acceptors (Lipinski definition) is 3. The third-order valence-corrected chi connectivity index (χ3v) is 4.17. The Morgan fingerprint density at radius 3 is 2.32 bits per heavy atom. The second-order valence-electron chi connectivity index (χ2n) is 5.03. The Hall–Kier alpha value is -0.220. The fourth-order valence-electron chi connectivity index (χ4n) is 2.32. The number of thioether (sulfide) groups is 1. The van der Waals surface area contributed by atoms with Gasteiger partial charge in [-0.3, -0.25) is 9.69 Å². The lowest BCUT2D eigenvalue weighted by Crippen LogP contribution is -2.42. The quantitative estimate of drug-likeness (QED) is 0.522. The zero-order chi connectivity index (χ0) is 14.5. The molecule has 19 heavy (non-hydrogen) atoms. The molecule has 3 nitrogen and oxygen atoms in total. The maximum absolute atomic E-state index is 11.3. The Labute approximate surface area is 123 Å². The van der Waals surface area contributed by atoms with Gasteiger partial charge in [0.1, 0.15) is 6.04 Å². The van der Waals surface area contributed by atoms with E-state index < -0.39 is 5.97 Å². The van der Waals surface area contributed by atoms with Gasteiger partial charge < -0.3 is 5.11 Å². The Morgan fingerprint density at radius 2 is 1.79 bits per heavy atom. The lowest BCUT2D eigenvalue weighted by atomic mass is 10.1. The number of carboxylic acids is 1. The van der Waals surface area contributed by atoms with Crippen LogP contribution in [-0.2, 0) is 4.79 Å². The number of likely N-dealkylation sites (N-methyl/N-ethyl adjacent to an activating group) is 1. The standard InChI is InChI=1S/C15H31NO2S/c1-4-6-7-8-9-10-12-16(5-2)14(15(17)18)11-13-19-3/h14H,4-13H2,1-3H3,(H,17,18)/t14-/m0/s1. The molecule has 1 atom stereocenters. The molecule has 0 aromatic heterocycles. The van der Waals surface area contributed by atoms with Crippen LogP contribution in [0, 0.1) is 0 Å². The van der Waals surface area contributed by atoms with Crippen LogP contribution in [0.15, 0.2) is 0 Å². The van der Waals surface area contributed by atoms with Crippen molar-refractivity contribution in [3.8, 4) is 0 Å². The molecule has 0 saturated heterocycles. The van der Waals surface area contributed by atoms with Gasteiger partial charge >= 0.3 is 5.97 Å². The van der Waals surface area contributed by atoms with E-state index >= 15 is 0 Å². The zero-order valence-corrected chi connectivity index (χ0v) is 13.7. The van der Waals surface area contributed by atoms with Crippen molar-refractivity contribution >= 4 is 17.7 Å². The van der Waals surface area contributed by atoms with Gasteiger partial charge in [-0.15, -0.1) is 0 Å². The summed E-state index contributed by atoms with van der Waals surface area (Å²) < 4.78 is 0. The van der Waals surface area contributed by atoms with Crippen LogP contribution in [0.1, 0.15) is 58.8 Å². The van der Waals surface area contributed by atoms with E-state index in [9.17, 15) is 9.90 Å². The first-order valence-corrected chi connectivity index (χ1v) is 9.02. The summed E-state index contributed by atoms with van der Waals surface area (Å²) in [4.78, 5) is 13.5. The van der Waals surface area contributed by atoms with E-state index in [0.717, 1.165) is 31.7 Å². The summed E-state index contributed by atoms with van der Waals surface area (Å²) in [5, 5.41) is 9.32. The topological polar surface area (TPSA) is 40.5 Å². The number of nitrogens with zero attached hydrogens (tertiary/aromatic N) is 1. The van der Waals surface area contributed by atoms with Gasteiger partial charge in [0.2, 0.25) is 0 Å². The van der Waals surface area contributed by atoms with Crippen LogP contribution in [0.25, 0.3) is 0 Å². The number of aliphatic carboxylic acids is 1. The highest BCUT2D eigenvalue weighted by Crippen LogP contribution is 2.12. The fourth-order valence-corrected chi connectivity index (χ4v) is 2.78. The molecule has 0 rings (SSSR count). The number of carboxylic acid groups (broad SMARTS) is 1. The van der Waals surface area contributed by atoms with Gasteiger partial charge in [0.25, 0.3) is 0 Å². The van der Waals surface area contributed by atoms with E-state index in [0.29, 0.717) is 0 Å². The second-order valence-corrected chi connectivity index (χ2v) is 6.02. The van der Waals surface area contributed by atoms with Crippen molar-refractivity contribution < 1.29 is 9.90 Å². The Balaban J connectivity index is 3.96. The van der Waals surface area contributed by atoms with Crippen molar-refractivity contribution in [2.24, 2.45) is 0 Å². The van der Waals surface area contributed by atoms with Crippen LogP contribution >= 0.6 is 11.8 Å². The summed E-state index contributed by atoms with van der Waals surface area (Å²) in [5.41, 5.74) is 0. The average molecular weight is 289 g/mol. The molecule has 0 aromatic carbocycles. The molecule has 0 amide bonds. The first-order chi connectivity index (χ1) is 9.17. The molecule has 0 aliphatic heterocycles. The Kier molecular flexibility index (Phi) is 12.6. The molecular formula is C15H31NO2S. The van der Waals surface area contributed by atoms with E-state index in [4.69, 9.17) is 0 Å². The second kappa shape index (κ2) is 12.8. The van der Waals surface area contributed by atoms with Crippen molar-refractivity contribution in [1.82, 2.24) is 4.90 Å². The van der Waals surface area contributed by atoms with Crippen molar-refractivity contribution in [3.05, 3.63) is 0 Å². The molecule has 0 saturated carbocycles. The highest BCUT2D eigenvalue weighted by Gasteiger charge is 2.23. The molecule has 0 fully saturated rings. The van der Waals surface area contributed by atoms with Crippen LogP contribution in [0.3, 0.4) is 0 Å². The minimum Gasteiger partial charge on any atom is -0.480 e. The van der Waals surface area contributed by atoms with Gasteiger partial charge in [-0.05, 0) is 37.9 Å². The normalized spacial score (nSPS) is 12.8. The molecule has 0 spiro atoms. The van der Waals surface area contributed by atoms with Crippen LogP contribution in [0.4, 0.5) is 0 Å². The minimum absolute atomic E-state index is 0.298. The SMILES string of the molecule is CCCCCCCCN(CC)[C@@H](CCSC)C(=O)O. The van der Waals surface area contributed by atoms with Crippen LogP contribution in [0.2, 0.25) is 0 Å².